The second kappa shape index (κ2) is 11.1. The van der Waals surface area contributed by atoms with Gasteiger partial charge in [0.05, 0.1) is 5.69 Å². The maximum Gasteiger partial charge on any atom is 0.387 e. The molecule has 0 spiro atoms. The molecule has 0 amide bonds. The van der Waals surface area contributed by atoms with Gasteiger partial charge in [-0.3, -0.25) is 4.99 Å². The van der Waals surface area contributed by atoms with E-state index in [1.54, 1.807) is 43.4 Å². The highest BCUT2D eigenvalue weighted by molar-refractivity contribution is 14.0. The Morgan fingerprint density at radius 2 is 1.93 bits per heavy atom. The molecule has 0 aromatic heterocycles. The van der Waals surface area contributed by atoms with Crippen LogP contribution in [0.4, 0.5) is 18.9 Å². The average molecular weight is 520 g/mol. The minimum absolute atomic E-state index is 0. The Hall–Kier alpha value is -2.17. The Bertz CT molecular complexity index is 822. The summed E-state index contributed by atoms with van der Waals surface area (Å²) in [6, 6.07) is 13.4. The van der Waals surface area contributed by atoms with Crippen LogP contribution in [0.25, 0.3) is 0 Å². The number of hydrogen-bond donors (Lipinski definition) is 2. The van der Waals surface area contributed by atoms with Crippen LogP contribution in [0, 0.1) is 5.82 Å². The summed E-state index contributed by atoms with van der Waals surface area (Å²) in [5, 5.41) is 6.40. The largest absolute Gasteiger partial charge is 0.433 e. The third-order valence-corrected chi connectivity index (χ3v) is 4.58. The lowest BCUT2D eigenvalue weighted by Crippen LogP contribution is -2.44. The van der Waals surface area contributed by atoms with E-state index in [-0.39, 0.29) is 41.6 Å². The van der Waals surface area contributed by atoms with Crippen molar-refractivity contribution in [1.82, 2.24) is 10.6 Å². The predicted octanol–water partition coefficient (Wildman–Crippen LogP) is 3.99. The molecule has 1 fully saturated rings. The molecule has 9 heteroatoms. The minimum atomic E-state index is -2.86. The Kier molecular flexibility index (Phi) is 8.87. The number of rotatable bonds is 6. The molecule has 1 unspecified atom stereocenters. The van der Waals surface area contributed by atoms with Crippen LogP contribution >= 0.6 is 24.0 Å². The van der Waals surface area contributed by atoms with Gasteiger partial charge in [0.15, 0.2) is 5.96 Å². The lowest BCUT2D eigenvalue weighted by Gasteiger charge is -2.22. The number of aliphatic imine (C=N–C) groups is 1. The van der Waals surface area contributed by atoms with Gasteiger partial charge in [-0.25, -0.2) is 4.39 Å². The zero-order valence-corrected chi connectivity index (χ0v) is 18.3. The molecule has 158 valence electrons. The van der Waals surface area contributed by atoms with Crippen LogP contribution in [0.5, 0.6) is 5.75 Å². The van der Waals surface area contributed by atoms with E-state index in [0.717, 1.165) is 6.42 Å². The normalized spacial score (nSPS) is 16.5. The minimum Gasteiger partial charge on any atom is -0.433 e. The van der Waals surface area contributed by atoms with Crippen LogP contribution in [-0.2, 0) is 6.54 Å². The first-order valence-corrected chi connectivity index (χ1v) is 9.06. The first-order valence-electron chi connectivity index (χ1n) is 9.06. The van der Waals surface area contributed by atoms with E-state index in [4.69, 9.17) is 0 Å². The molecule has 3 rings (SSSR count). The molecule has 1 atom stereocenters. The lowest BCUT2D eigenvalue weighted by atomic mass is 10.2. The van der Waals surface area contributed by atoms with Gasteiger partial charge < -0.3 is 20.3 Å². The average Bonchev–Trinajstić information content (AvgIpc) is 3.14. The lowest BCUT2D eigenvalue weighted by molar-refractivity contribution is -0.0495. The molecule has 1 heterocycles. The van der Waals surface area contributed by atoms with Crippen LogP contribution in [0.15, 0.2) is 53.5 Å². The monoisotopic (exact) mass is 520 g/mol. The number of nitrogens with one attached hydrogen (secondary N) is 2. The van der Waals surface area contributed by atoms with Crippen molar-refractivity contribution in [3.63, 3.8) is 0 Å². The van der Waals surface area contributed by atoms with E-state index < -0.39 is 6.61 Å². The zero-order valence-electron chi connectivity index (χ0n) is 15.9. The van der Waals surface area contributed by atoms with Crippen molar-refractivity contribution in [2.24, 2.45) is 4.99 Å². The summed E-state index contributed by atoms with van der Waals surface area (Å²) in [6.07, 6.45) is 0.809. The molecular formula is C20H24F3IN4O. The van der Waals surface area contributed by atoms with Crippen molar-refractivity contribution in [3.05, 3.63) is 59.9 Å². The van der Waals surface area contributed by atoms with E-state index in [2.05, 4.69) is 20.4 Å². The van der Waals surface area contributed by atoms with E-state index in [0.29, 0.717) is 36.8 Å². The van der Waals surface area contributed by atoms with Crippen LogP contribution in [-0.4, -0.2) is 38.8 Å². The fourth-order valence-electron chi connectivity index (χ4n) is 3.22. The molecule has 0 saturated carbocycles. The molecular weight excluding hydrogens is 496 g/mol. The van der Waals surface area contributed by atoms with E-state index in [1.165, 1.54) is 12.1 Å². The second-order valence-corrected chi connectivity index (χ2v) is 6.44. The summed E-state index contributed by atoms with van der Waals surface area (Å²) >= 11 is 0. The number of guanidine groups is 1. The fraction of sp³-hybridized carbons (Fsp3) is 0.350. The fourth-order valence-corrected chi connectivity index (χ4v) is 3.22. The number of anilines is 1. The van der Waals surface area contributed by atoms with E-state index >= 15 is 0 Å². The van der Waals surface area contributed by atoms with Crippen molar-refractivity contribution in [2.75, 3.05) is 25.0 Å². The Morgan fingerprint density at radius 1 is 1.21 bits per heavy atom. The van der Waals surface area contributed by atoms with Crippen molar-refractivity contribution in [2.45, 2.75) is 25.6 Å². The maximum atomic E-state index is 13.7. The highest BCUT2D eigenvalue weighted by Crippen LogP contribution is 2.31. The predicted molar refractivity (Wildman–Crippen MR) is 119 cm³/mol. The van der Waals surface area contributed by atoms with Crippen molar-refractivity contribution in [1.29, 1.82) is 0 Å². The third-order valence-electron chi connectivity index (χ3n) is 4.58. The van der Waals surface area contributed by atoms with Gasteiger partial charge in [-0.2, -0.15) is 8.78 Å². The number of ether oxygens (including phenoxy) is 1. The van der Waals surface area contributed by atoms with Gasteiger partial charge >= 0.3 is 6.61 Å². The molecule has 0 radical (unpaired) electrons. The van der Waals surface area contributed by atoms with Crippen molar-refractivity contribution in [3.8, 4) is 5.75 Å². The van der Waals surface area contributed by atoms with Crippen LogP contribution in [0.3, 0.4) is 0 Å². The molecule has 0 bridgehead atoms. The Morgan fingerprint density at radius 3 is 2.66 bits per heavy atom. The first-order chi connectivity index (χ1) is 13.6. The molecule has 1 saturated heterocycles. The molecule has 2 N–H and O–H groups in total. The molecule has 29 heavy (non-hydrogen) atoms. The van der Waals surface area contributed by atoms with Gasteiger partial charge in [0.25, 0.3) is 0 Å². The van der Waals surface area contributed by atoms with Crippen molar-refractivity contribution < 1.29 is 17.9 Å². The van der Waals surface area contributed by atoms with Gasteiger partial charge in [0.1, 0.15) is 11.6 Å². The summed E-state index contributed by atoms with van der Waals surface area (Å²) < 4.78 is 43.6. The quantitative estimate of drug-likeness (QED) is 0.344. The van der Waals surface area contributed by atoms with Crippen LogP contribution in [0.1, 0.15) is 12.0 Å². The number of alkyl halides is 2. The van der Waals surface area contributed by atoms with Gasteiger partial charge in [0.2, 0.25) is 0 Å². The third kappa shape index (κ3) is 6.41. The van der Waals surface area contributed by atoms with Gasteiger partial charge in [-0.05, 0) is 24.6 Å². The highest BCUT2D eigenvalue weighted by Gasteiger charge is 2.26. The van der Waals surface area contributed by atoms with Crippen LogP contribution in [0.2, 0.25) is 0 Å². The molecule has 2 aromatic carbocycles. The van der Waals surface area contributed by atoms with Crippen LogP contribution < -0.4 is 20.3 Å². The SMILES string of the molecule is CN=C(NCc1ccccc1F)NC1CCN(c2ccccc2OC(F)F)C1.I. The molecule has 1 aliphatic heterocycles. The molecule has 2 aromatic rings. The number of benzene rings is 2. The maximum absolute atomic E-state index is 13.7. The number of para-hydroxylation sites is 2. The molecule has 5 nitrogen and oxygen atoms in total. The summed E-state index contributed by atoms with van der Waals surface area (Å²) in [5.74, 6) is 0.459. The Balaban J connectivity index is 0.00000300. The van der Waals surface area contributed by atoms with Gasteiger partial charge in [0, 0.05) is 38.3 Å². The molecule has 1 aliphatic rings. The van der Waals surface area contributed by atoms with Crippen molar-refractivity contribution >= 4 is 35.6 Å². The van der Waals surface area contributed by atoms with Gasteiger partial charge in [-0.15, -0.1) is 24.0 Å². The summed E-state index contributed by atoms with van der Waals surface area (Å²) in [7, 11) is 1.65. The smallest absolute Gasteiger partial charge is 0.387 e. The first kappa shape index (κ1) is 23.1. The Labute approximate surface area is 185 Å². The van der Waals surface area contributed by atoms with E-state index in [1.807, 2.05) is 4.90 Å². The van der Waals surface area contributed by atoms with E-state index in [9.17, 15) is 13.2 Å². The second-order valence-electron chi connectivity index (χ2n) is 6.44. The topological polar surface area (TPSA) is 48.9 Å². The molecule has 0 aliphatic carbocycles. The number of halogens is 4. The van der Waals surface area contributed by atoms with Gasteiger partial charge in [-0.1, -0.05) is 30.3 Å². The zero-order chi connectivity index (χ0) is 19.9. The standard InChI is InChI=1S/C20H23F3N4O.HI/c1-24-20(25-12-14-6-2-3-7-16(14)21)26-15-10-11-27(13-15)17-8-4-5-9-18(17)28-19(22)23;/h2-9,15,19H,10-13H2,1H3,(H2,24,25,26);1H. The summed E-state index contributed by atoms with van der Waals surface area (Å²) in [4.78, 5) is 6.18. The highest BCUT2D eigenvalue weighted by atomic mass is 127. The summed E-state index contributed by atoms with van der Waals surface area (Å²) in [6.45, 7) is -1.23. The number of nitrogens with zero attached hydrogens (tertiary/aromatic N) is 2. The summed E-state index contributed by atoms with van der Waals surface area (Å²) in [5.41, 5.74) is 1.19. The number of hydrogen-bond acceptors (Lipinski definition) is 3.